The van der Waals surface area contributed by atoms with E-state index in [0.717, 1.165) is 29.5 Å². The van der Waals surface area contributed by atoms with E-state index in [4.69, 9.17) is 0 Å². The summed E-state index contributed by atoms with van der Waals surface area (Å²) in [6, 6.07) is 11.9. The van der Waals surface area contributed by atoms with Crippen LogP contribution in [0, 0.1) is 0 Å². The van der Waals surface area contributed by atoms with Crippen molar-refractivity contribution >= 4 is 17.1 Å². The summed E-state index contributed by atoms with van der Waals surface area (Å²) in [6.07, 6.45) is 3.69. The molecule has 0 saturated heterocycles. The number of imidazole rings is 1. The topological polar surface area (TPSA) is 68.9 Å². The first-order chi connectivity index (χ1) is 12.7. The quantitative estimate of drug-likeness (QED) is 0.665. The summed E-state index contributed by atoms with van der Waals surface area (Å²) in [5.41, 5.74) is 3.08. The van der Waals surface area contributed by atoms with Gasteiger partial charge in [0.15, 0.2) is 5.65 Å². The maximum Gasteiger partial charge on any atom is 0.330 e. The lowest BCUT2D eigenvalue weighted by Gasteiger charge is -2.05. The summed E-state index contributed by atoms with van der Waals surface area (Å²) in [5.74, 6) is -0.162. The van der Waals surface area contributed by atoms with E-state index in [2.05, 4.69) is 17.2 Å². The van der Waals surface area contributed by atoms with Crippen LogP contribution in [-0.2, 0) is 17.9 Å². The predicted molar refractivity (Wildman–Crippen MR) is 103 cm³/mol. The van der Waals surface area contributed by atoms with Crippen molar-refractivity contribution in [3.05, 3.63) is 53.1 Å². The normalized spacial score (nSPS) is 11.0. The molecule has 0 saturated carbocycles. The van der Waals surface area contributed by atoms with Gasteiger partial charge in [-0.15, -0.1) is 0 Å². The average molecular weight is 352 g/mol. The monoisotopic (exact) mass is 352 g/mol. The van der Waals surface area contributed by atoms with E-state index in [1.54, 1.807) is 10.8 Å². The minimum atomic E-state index is -0.203. The van der Waals surface area contributed by atoms with Crippen LogP contribution < -0.4 is 11.0 Å². The molecule has 6 heteroatoms. The van der Waals surface area contributed by atoms with Crippen molar-refractivity contribution in [2.45, 2.75) is 39.8 Å². The van der Waals surface area contributed by atoms with Gasteiger partial charge >= 0.3 is 5.69 Å². The standard InChI is InChI=1S/C20H24N4O2/c1-3-5-11-21-18(25)14-24-19-17(23(4-2)20(24)26)12-16(13-22-19)15-9-7-6-8-10-15/h6-10,12-13H,3-5,11,14H2,1-2H3,(H,21,25). The third-order valence-electron chi connectivity index (χ3n) is 4.43. The first-order valence-corrected chi connectivity index (χ1v) is 9.06. The lowest BCUT2D eigenvalue weighted by Crippen LogP contribution is -2.33. The second-order valence-corrected chi connectivity index (χ2v) is 6.25. The van der Waals surface area contributed by atoms with Crippen LogP contribution in [0.4, 0.5) is 0 Å². The molecule has 3 aromatic rings. The number of rotatable bonds is 7. The molecule has 1 N–H and O–H groups in total. The van der Waals surface area contributed by atoms with Crippen LogP contribution in [0.3, 0.4) is 0 Å². The number of amides is 1. The third kappa shape index (κ3) is 3.54. The molecule has 0 unspecified atom stereocenters. The highest BCUT2D eigenvalue weighted by Crippen LogP contribution is 2.22. The summed E-state index contributed by atoms with van der Waals surface area (Å²) < 4.78 is 3.11. The molecule has 2 heterocycles. The van der Waals surface area contributed by atoms with E-state index in [-0.39, 0.29) is 18.1 Å². The molecule has 3 rings (SSSR count). The van der Waals surface area contributed by atoms with Gasteiger partial charge in [0.1, 0.15) is 6.54 Å². The number of nitrogens with zero attached hydrogens (tertiary/aromatic N) is 3. The van der Waals surface area contributed by atoms with E-state index in [1.165, 1.54) is 4.57 Å². The van der Waals surface area contributed by atoms with E-state index >= 15 is 0 Å². The van der Waals surface area contributed by atoms with Gasteiger partial charge in [-0.25, -0.2) is 9.78 Å². The van der Waals surface area contributed by atoms with Crippen molar-refractivity contribution in [3.8, 4) is 11.1 Å². The van der Waals surface area contributed by atoms with Gasteiger partial charge in [0.05, 0.1) is 5.52 Å². The van der Waals surface area contributed by atoms with Crippen molar-refractivity contribution < 1.29 is 4.79 Å². The molecule has 6 nitrogen and oxygen atoms in total. The molecule has 0 aliphatic carbocycles. The van der Waals surface area contributed by atoms with E-state index in [0.29, 0.717) is 18.7 Å². The van der Waals surface area contributed by atoms with Gasteiger partial charge in [-0.1, -0.05) is 43.7 Å². The highest BCUT2D eigenvalue weighted by Gasteiger charge is 2.16. The molecule has 136 valence electrons. The lowest BCUT2D eigenvalue weighted by atomic mass is 10.1. The number of pyridine rings is 1. The first kappa shape index (κ1) is 17.9. The maximum atomic E-state index is 12.7. The maximum absolute atomic E-state index is 12.7. The number of hydrogen-bond donors (Lipinski definition) is 1. The molecule has 1 aromatic carbocycles. The second kappa shape index (κ2) is 7.99. The SMILES string of the molecule is CCCCNC(=O)Cn1c(=O)n(CC)c2cc(-c3ccccc3)cnc21. The zero-order chi connectivity index (χ0) is 18.5. The molecular formula is C20H24N4O2. The fourth-order valence-electron chi connectivity index (χ4n) is 3.03. The van der Waals surface area contributed by atoms with Gasteiger partial charge in [0, 0.05) is 24.8 Å². The fourth-order valence-corrected chi connectivity index (χ4v) is 3.03. The fraction of sp³-hybridized carbons (Fsp3) is 0.350. The molecule has 0 spiro atoms. The van der Waals surface area contributed by atoms with Crippen molar-refractivity contribution in [3.63, 3.8) is 0 Å². The number of benzene rings is 1. The molecule has 26 heavy (non-hydrogen) atoms. The minimum Gasteiger partial charge on any atom is -0.355 e. The molecule has 0 radical (unpaired) electrons. The van der Waals surface area contributed by atoms with Crippen molar-refractivity contribution in [2.24, 2.45) is 0 Å². The molecule has 2 aromatic heterocycles. The van der Waals surface area contributed by atoms with Crippen molar-refractivity contribution in [1.82, 2.24) is 19.4 Å². The van der Waals surface area contributed by atoms with E-state index in [1.807, 2.05) is 43.3 Å². The number of fused-ring (bicyclic) bond motifs is 1. The first-order valence-electron chi connectivity index (χ1n) is 9.06. The minimum absolute atomic E-state index is 0.0102. The molecule has 0 atom stereocenters. The van der Waals surface area contributed by atoms with Gasteiger partial charge < -0.3 is 5.32 Å². The molecule has 0 bridgehead atoms. The van der Waals surface area contributed by atoms with Crippen molar-refractivity contribution in [1.29, 1.82) is 0 Å². The Labute approximate surface area is 152 Å². The summed E-state index contributed by atoms with van der Waals surface area (Å²) in [5, 5.41) is 2.85. The molecule has 1 amide bonds. The summed E-state index contributed by atoms with van der Waals surface area (Å²) in [7, 11) is 0. The van der Waals surface area contributed by atoms with Crippen LogP contribution in [-0.4, -0.2) is 26.6 Å². The van der Waals surface area contributed by atoms with E-state index in [9.17, 15) is 9.59 Å². The van der Waals surface area contributed by atoms with Gasteiger partial charge in [0.2, 0.25) is 5.91 Å². The van der Waals surface area contributed by atoms with E-state index < -0.39 is 0 Å². The van der Waals surface area contributed by atoms with Crippen LogP contribution in [0.15, 0.2) is 47.4 Å². The number of unbranched alkanes of at least 4 members (excludes halogenated alkanes) is 1. The van der Waals surface area contributed by atoms with Crippen LogP contribution in [0.1, 0.15) is 26.7 Å². The molecule has 0 aliphatic heterocycles. The van der Waals surface area contributed by atoms with Crippen LogP contribution in [0.25, 0.3) is 22.3 Å². The highest BCUT2D eigenvalue weighted by molar-refractivity contribution is 5.81. The zero-order valence-corrected chi connectivity index (χ0v) is 15.2. The lowest BCUT2D eigenvalue weighted by molar-refractivity contribution is -0.121. The highest BCUT2D eigenvalue weighted by atomic mass is 16.2. The summed E-state index contributed by atoms with van der Waals surface area (Å²) in [6.45, 7) is 5.13. The van der Waals surface area contributed by atoms with Gasteiger partial charge in [0.25, 0.3) is 0 Å². The molecule has 0 aliphatic rings. The average Bonchev–Trinajstić information content (AvgIpc) is 2.93. The number of carbonyl (C=O) groups excluding carboxylic acids is 1. The number of hydrogen-bond acceptors (Lipinski definition) is 3. The van der Waals surface area contributed by atoms with Crippen LogP contribution >= 0.6 is 0 Å². The zero-order valence-electron chi connectivity index (χ0n) is 15.2. The van der Waals surface area contributed by atoms with Crippen LogP contribution in [0.5, 0.6) is 0 Å². The number of carbonyl (C=O) groups is 1. The number of aromatic nitrogens is 3. The predicted octanol–water partition coefficient (Wildman–Crippen LogP) is 2.80. The third-order valence-corrected chi connectivity index (χ3v) is 4.43. The Hall–Kier alpha value is -2.89. The Morgan fingerprint density at radius 3 is 2.58 bits per heavy atom. The molecular weight excluding hydrogens is 328 g/mol. The Kier molecular flexibility index (Phi) is 5.51. The van der Waals surface area contributed by atoms with Gasteiger partial charge in [-0.3, -0.25) is 13.9 Å². The second-order valence-electron chi connectivity index (χ2n) is 6.25. The summed E-state index contributed by atoms with van der Waals surface area (Å²) in [4.78, 5) is 29.4. The Morgan fingerprint density at radius 1 is 1.12 bits per heavy atom. The van der Waals surface area contributed by atoms with Crippen LogP contribution in [0.2, 0.25) is 0 Å². The van der Waals surface area contributed by atoms with Crippen molar-refractivity contribution in [2.75, 3.05) is 6.54 Å². The molecule has 0 fully saturated rings. The Balaban J connectivity index is 1.99. The Bertz CT molecular complexity index is 957. The number of nitrogens with one attached hydrogen (secondary N) is 1. The van der Waals surface area contributed by atoms with Gasteiger partial charge in [-0.05, 0) is 25.0 Å². The smallest absolute Gasteiger partial charge is 0.330 e. The largest absolute Gasteiger partial charge is 0.355 e. The van der Waals surface area contributed by atoms with Gasteiger partial charge in [-0.2, -0.15) is 0 Å². The Morgan fingerprint density at radius 2 is 1.88 bits per heavy atom. The number of aryl methyl sites for hydroxylation is 1. The summed E-state index contributed by atoms with van der Waals surface area (Å²) >= 11 is 0.